The molecule has 19 heavy (non-hydrogen) atoms. The SMILES string of the molecule is CN=C(NCC(C)C)N(C)Cc1ccc(OC)cc1. The van der Waals surface area contributed by atoms with Gasteiger partial charge in [-0.15, -0.1) is 0 Å². The molecule has 4 heteroatoms. The number of guanidine groups is 1. The maximum atomic E-state index is 5.16. The van der Waals surface area contributed by atoms with E-state index in [1.54, 1.807) is 7.11 Å². The van der Waals surface area contributed by atoms with Gasteiger partial charge in [-0.2, -0.15) is 0 Å². The highest BCUT2D eigenvalue weighted by molar-refractivity contribution is 5.79. The van der Waals surface area contributed by atoms with Crippen LogP contribution in [0, 0.1) is 5.92 Å². The van der Waals surface area contributed by atoms with E-state index < -0.39 is 0 Å². The van der Waals surface area contributed by atoms with Crippen LogP contribution >= 0.6 is 0 Å². The van der Waals surface area contributed by atoms with Crippen LogP contribution in [0.2, 0.25) is 0 Å². The fourth-order valence-electron chi connectivity index (χ4n) is 1.76. The van der Waals surface area contributed by atoms with Crippen molar-refractivity contribution in [3.05, 3.63) is 29.8 Å². The van der Waals surface area contributed by atoms with Crippen molar-refractivity contribution >= 4 is 5.96 Å². The van der Waals surface area contributed by atoms with Crippen molar-refractivity contribution < 1.29 is 4.74 Å². The van der Waals surface area contributed by atoms with E-state index >= 15 is 0 Å². The van der Waals surface area contributed by atoms with Gasteiger partial charge in [-0.3, -0.25) is 4.99 Å². The minimum atomic E-state index is 0.603. The monoisotopic (exact) mass is 263 g/mol. The molecule has 0 fully saturated rings. The summed E-state index contributed by atoms with van der Waals surface area (Å²) in [7, 11) is 5.53. The third kappa shape index (κ3) is 5.20. The van der Waals surface area contributed by atoms with E-state index in [-0.39, 0.29) is 0 Å². The van der Waals surface area contributed by atoms with E-state index in [0.29, 0.717) is 5.92 Å². The van der Waals surface area contributed by atoms with Gasteiger partial charge in [0.25, 0.3) is 0 Å². The molecule has 0 amide bonds. The summed E-state index contributed by atoms with van der Waals surface area (Å²) in [5.74, 6) is 2.41. The van der Waals surface area contributed by atoms with Gasteiger partial charge in [0.15, 0.2) is 5.96 Å². The smallest absolute Gasteiger partial charge is 0.193 e. The number of nitrogens with zero attached hydrogens (tertiary/aromatic N) is 2. The van der Waals surface area contributed by atoms with Crippen molar-refractivity contribution in [3.8, 4) is 5.75 Å². The largest absolute Gasteiger partial charge is 0.497 e. The summed E-state index contributed by atoms with van der Waals surface area (Å²) < 4.78 is 5.16. The summed E-state index contributed by atoms with van der Waals surface area (Å²) in [5, 5.41) is 3.36. The summed E-state index contributed by atoms with van der Waals surface area (Å²) in [4.78, 5) is 6.41. The number of rotatable bonds is 5. The second-order valence-corrected chi connectivity index (χ2v) is 5.03. The van der Waals surface area contributed by atoms with Crippen LogP contribution in [0.25, 0.3) is 0 Å². The first-order chi connectivity index (χ1) is 9.06. The van der Waals surface area contributed by atoms with Gasteiger partial charge in [0.2, 0.25) is 0 Å². The lowest BCUT2D eigenvalue weighted by molar-refractivity contribution is 0.414. The van der Waals surface area contributed by atoms with Crippen molar-refractivity contribution in [2.75, 3.05) is 27.7 Å². The van der Waals surface area contributed by atoms with Gasteiger partial charge in [-0.05, 0) is 23.6 Å². The van der Waals surface area contributed by atoms with Crippen LogP contribution in [-0.2, 0) is 6.54 Å². The van der Waals surface area contributed by atoms with Crippen LogP contribution < -0.4 is 10.1 Å². The second-order valence-electron chi connectivity index (χ2n) is 5.03. The molecule has 0 radical (unpaired) electrons. The lowest BCUT2D eigenvalue weighted by Crippen LogP contribution is -2.40. The fourth-order valence-corrected chi connectivity index (χ4v) is 1.76. The first-order valence-corrected chi connectivity index (χ1v) is 6.61. The molecule has 1 aromatic rings. The molecule has 106 valence electrons. The Balaban J connectivity index is 2.58. The average molecular weight is 263 g/mol. The Labute approximate surface area is 116 Å². The Morgan fingerprint density at radius 1 is 1.32 bits per heavy atom. The van der Waals surface area contributed by atoms with Gasteiger partial charge in [-0.1, -0.05) is 26.0 Å². The van der Waals surface area contributed by atoms with Crippen LogP contribution in [0.1, 0.15) is 19.4 Å². The number of methoxy groups -OCH3 is 1. The molecule has 0 aliphatic carbocycles. The number of nitrogens with one attached hydrogen (secondary N) is 1. The van der Waals surface area contributed by atoms with Crippen LogP contribution in [0.5, 0.6) is 5.75 Å². The molecule has 0 bridgehead atoms. The highest BCUT2D eigenvalue weighted by Crippen LogP contribution is 2.12. The predicted molar refractivity (Wildman–Crippen MR) is 80.7 cm³/mol. The summed E-state index contributed by atoms with van der Waals surface area (Å²) in [6.45, 7) is 6.12. The Hall–Kier alpha value is -1.71. The summed E-state index contributed by atoms with van der Waals surface area (Å²) in [5.41, 5.74) is 1.23. The molecule has 1 rings (SSSR count). The summed E-state index contributed by atoms with van der Waals surface area (Å²) in [6, 6.07) is 8.11. The molecule has 0 saturated heterocycles. The molecule has 0 aromatic heterocycles. The third-order valence-electron chi connectivity index (χ3n) is 2.82. The lowest BCUT2D eigenvalue weighted by atomic mass is 10.2. The number of hydrogen-bond donors (Lipinski definition) is 1. The molecule has 0 unspecified atom stereocenters. The molecule has 1 aromatic carbocycles. The Kier molecular flexibility index (Phi) is 6.19. The Morgan fingerprint density at radius 3 is 2.42 bits per heavy atom. The highest BCUT2D eigenvalue weighted by atomic mass is 16.5. The van der Waals surface area contributed by atoms with Crippen LogP contribution in [0.4, 0.5) is 0 Å². The van der Waals surface area contributed by atoms with Gasteiger partial charge in [0.05, 0.1) is 7.11 Å². The van der Waals surface area contributed by atoms with E-state index in [9.17, 15) is 0 Å². The van der Waals surface area contributed by atoms with E-state index in [1.807, 2.05) is 26.2 Å². The van der Waals surface area contributed by atoms with Crippen LogP contribution in [0.3, 0.4) is 0 Å². The number of aliphatic imine (C=N–C) groups is 1. The lowest BCUT2D eigenvalue weighted by Gasteiger charge is -2.23. The van der Waals surface area contributed by atoms with E-state index in [0.717, 1.165) is 24.8 Å². The minimum absolute atomic E-state index is 0.603. The fraction of sp³-hybridized carbons (Fsp3) is 0.533. The Morgan fingerprint density at radius 2 is 1.95 bits per heavy atom. The Bertz CT molecular complexity index is 398. The quantitative estimate of drug-likeness (QED) is 0.654. The minimum Gasteiger partial charge on any atom is -0.497 e. The number of benzene rings is 1. The van der Waals surface area contributed by atoms with E-state index in [4.69, 9.17) is 4.74 Å². The molecule has 0 saturated carbocycles. The number of ether oxygens (including phenoxy) is 1. The molecule has 0 aliphatic rings. The van der Waals surface area contributed by atoms with Gasteiger partial charge in [-0.25, -0.2) is 0 Å². The predicted octanol–water partition coefficient (Wildman–Crippen LogP) is 2.36. The van der Waals surface area contributed by atoms with Crippen LogP contribution in [-0.4, -0.2) is 38.6 Å². The molecular weight excluding hydrogens is 238 g/mol. The van der Waals surface area contributed by atoms with Crippen molar-refractivity contribution in [2.45, 2.75) is 20.4 Å². The summed E-state index contributed by atoms with van der Waals surface area (Å²) >= 11 is 0. The molecule has 0 spiro atoms. The normalized spacial score (nSPS) is 11.6. The zero-order valence-electron chi connectivity index (χ0n) is 12.6. The standard InChI is InChI=1S/C15H25N3O/c1-12(2)10-17-15(16-3)18(4)11-13-6-8-14(19-5)9-7-13/h6-9,12H,10-11H2,1-5H3,(H,16,17). The summed E-state index contributed by atoms with van der Waals surface area (Å²) in [6.07, 6.45) is 0. The van der Waals surface area contributed by atoms with Gasteiger partial charge in [0.1, 0.15) is 5.75 Å². The molecule has 0 atom stereocenters. The van der Waals surface area contributed by atoms with Crippen LogP contribution in [0.15, 0.2) is 29.3 Å². The molecule has 0 heterocycles. The third-order valence-corrected chi connectivity index (χ3v) is 2.82. The van der Waals surface area contributed by atoms with Gasteiger partial charge >= 0.3 is 0 Å². The maximum Gasteiger partial charge on any atom is 0.193 e. The highest BCUT2D eigenvalue weighted by Gasteiger charge is 2.07. The topological polar surface area (TPSA) is 36.9 Å². The molecular formula is C15H25N3O. The van der Waals surface area contributed by atoms with Crippen molar-refractivity contribution in [3.63, 3.8) is 0 Å². The van der Waals surface area contributed by atoms with E-state index in [2.05, 4.69) is 41.2 Å². The van der Waals surface area contributed by atoms with E-state index in [1.165, 1.54) is 5.56 Å². The first kappa shape index (κ1) is 15.3. The van der Waals surface area contributed by atoms with Crippen molar-refractivity contribution in [1.82, 2.24) is 10.2 Å². The van der Waals surface area contributed by atoms with Crippen molar-refractivity contribution in [1.29, 1.82) is 0 Å². The average Bonchev–Trinajstić information content (AvgIpc) is 2.40. The number of hydrogen-bond acceptors (Lipinski definition) is 2. The van der Waals surface area contributed by atoms with Gasteiger partial charge in [0, 0.05) is 27.2 Å². The first-order valence-electron chi connectivity index (χ1n) is 6.61. The maximum absolute atomic E-state index is 5.16. The second kappa shape index (κ2) is 7.67. The van der Waals surface area contributed by atoms with Crippen molar-refractivity contribution in [2.24, 2.45) is 10.9 Å². The zero-order chi connectivity index (χ0) is 14.3. The molecule has 0 aliphatic heterocycles. The zero-order valence-corrected chi connectivity index (χ0v) is 12.6. The molecule has 4 nitrogen and oxygen atoms in total. The molecule has 1 N–H and O–H groups in total. The van der Waals surface area contributed by atoms with Gasteiger partial charge < -0.3 is 15.0 Å².